The molecule has 132 valence electrons. The summed E-state index contributed by atoms with van der Waals surface area (Å²) in [4.78, 5) is 13.0. The van der Waals surface area contributed by atoms with Gasteiger partial charge in [0.05, 0.1) is 18.1 Å². The summed E-state index contributed by atoms with van der Waals surface area (Å²) in [6, 6.07) is 5.56. The first-order chi connectivity index (χ1) is 10.5. The lowest BCUT2D eigenvalue weighted by Crippen LogP contribution is -2.22. The van der Waals surface area contributed by atoms with E-state index in [0.29, 0.717) is 0 Å². The Morgan fingerprint density at radius 2 is 1.83 bits per heavy atom. The second-order valence-corrected chi connectivity index (χ2v) is 7.97. The van der Waals surface area contributed by atoms with Gasteiger partial charge in [-0.1, -0.05) is 17.7 Å². The van der Waals surface area contributed by atoms with Crippen LogP contribution in [0.5, 0.6) is 0 Å². The Kier molecular flexibility index (Phi) is 6.81. The van der Waals surface area contributed by atoms with Crippen LogP contribution >= 0.6 is 7.60 Å². The lowest BCUT2D eigenvalue weighted by molar-refractivity contribution is -0.218. The zero-order chi connectivity index (χ0) is 17.7. The summed E-state index contributed by atoms with van der Waals surface area (Å²) in [5.74, 6) is 0. The Labute approximate surface area is 132 Å². The van der Waals surface area contributed by atoms with Crippen molar-refractivity contribution in [3.8, 4) is 0 Å². The van der Waals surface area contributed by atoms with Gasteiger partial charge in [-0.2, -0.15) is 17.2 Å². The van der Waals surface area contributed by atoms with E-state index in [2.05, 4.69) is 13.7 Å². The highest BCUT2D eigenvalue weighted by Gasteiger charge is 2.52. The number of aryl methyl sites for hydroxylation is 1. The van der Waals surface area contributed by atoms with E-state index in [1.807, 2.05) is 0 Å². The van der Waals surface area contributed by atoms with Crippen LogP contribution in [0.1, 0.15) is 18.9 Å². The molecule has 1 aromatic rings. The van der Waals surface area contributed by atoms with Crippen LogP contribution in [0.3, 0.4) is 0 Å². The largest absolute Gasteiger partial charge is 0.423 e. The molecule has 0 aromatic heterocycles. The van der Waals surface area contributed by atoms with Gasteiger partial charge in [-0.05, 0) is 26.0 Å². The average molecular weight is 374 g/mol. The van der Waals surface area contributed by atoms with Crippen molar-refractivity contribution in [2.75, 3.05) is 13.2 Å². The van der Waals surface area contributed by atoms with Crippen LogP contribution in [-0.4, -0.2) is 32.2 Å². The molecule has 0 spiro atoms. The third-order valence-electron chi connectivity index (χ3n) is 2.64. The molecule has 0 bridgehead atoms. The third kappa shape index (κ3) is 5.59. The molecule has 0 aliphatic carbocycles. The van der Waals surface area contributed by atoms with E-state index >= 15 is 0 Å². The van der Waals surface area contributed by atoms with Gasteiger partial charge in [0.25, 0.3) is 10.1 Å². The maximum Gasteiger partial charge on any atom is 0.423 e. The topological polar surface area (TPSA) is 99.1 Å². The van der Waals surface area contributed by atoms with Gasteiger partial charge >= 0.3 is 13.3 Å². The molecular formula is C12H17F2O7PS. The number of benzene rings is 1. The Morgan fingerprint density at radius 1 is 1.26 bits per heavy atom. The quantitative estimate of drug-likeness (QED) is 0.307. The summed E-state index contributed by atoms with van der Waals surface area (Å²) < 4.78 is 70.3. The van der Waals surface area contributed by atoms with Crippen LogP contribution < -0.4 is 0 Å². The maximum absolute atomic E-state index is 13.6. The number of halogens is 2. The molecule has 1 rings (SSSR count). The fourth-order valence-electron chi connectivity index (χ4n) is 1.37. The lowest BCUT2D eigenvalue weighted by Gasteiger charge is -2.20. The van der Waals surface area contributed by atoms with Crippen molar-refractivity contribution >= 4 is 17.7 Å². The summed E-state index contributed by atoms with van der Waals surface area (Å²) in [6.45, 7) is 1.91. The molecule has 0 amide bonds. The standard InChI is InChI=1S/C12H17F2O7PS/c1-3-19-21-22(15,16)12(13,14)8-9-20-23(17,18)11-6-4-10(2)5-7-11/h4-7H,3,8-9H2,1-2H3,(H,15,16). The van der Waals surface area contributed by atoms with E-state index in [1.165, 1.54) is 31.2 Å². The first-order valence-electron chi connectivity index (χ1n) is 6.50. The van der Waals surface area contributed by atoms with Crippen LogP contribution in [0.15, 0.2) is 29.2 Å². The van der Waals surface area contributed by atoms with E-state index in [-0.39, 0.29) is 11.5 Å². The molecule has 0 fully saturated rings. The van der Waals surface area contributed by atoms with Gasteiger partial charge in [0.15, 0.2) is 0 Å². The first-order valence-corrected chi connectivity index (χ1v) is 9.48. The first kappa shape index (κ1) is 20.1. The maximum atomic E-state index is 13.6. The molecule has 0 aliphatic rings. The minimum atomic E-state index is -5.40. The number of hydrogen-bond acceptors (Lipinski definition) is 6. The van der Waals surface area contributed by atoms with Gasteiger partial charge in [0, 0.05) is 6.42 Å². The van der Waals surface area contributed by atoms with Crippen molar-refractivity contribution in [2.24, 2.45) is 0 Å². The highest BCUT2D eigenvalue weighted by atomic mass is 32.2. The van der Waals surface area contributed by atoms with Gasteiger partial charge in [0.2, 0.25) is 0 Å². The Bertz CT molecular complexity index is 660. The second kappa shape index (κ2) is 7.78. The molecule has 1 aromatic carbocycles. The van der Waals surface area contributed by atoms with Crippen molar-refractivity contribution in [3.63, 3.8) is 0 Å². The van der Waals surface area contributed by atoms with Crippen LogP contribution in [0.4, 0.5) is 8.78 Å². The summed E-state index contributed by atoms with van der Waals surface area (Å²) in [5.41, 5.74) is -3.41. The number of rotatable bonds is 9. The van der Waals surface area contributed by atoms with Crippen molar-refractivity contribution < 1.29 is 40.4 Å². The van der Waals surface area contributed by atoms with E-state index in [9.17, 15) is 21.8 Å². The molecule has 0 radical (unpaired) electrons. The number of hydrogen-bond donors (Lipinski definition) is 1. The van der Waals surface area contributed by atoms with E-state index < -0.39 is 36.4 Å². The Balaban J connectivity index is 2.67. The van der Waals surface area contributed by atoms with Gasteiger partial charge in [-0.3, -0.25) is 8.75 Å². The zero-order valence-corrected chi connectivity index (χ0v) is 14.1. The Hall–Kier alpha value is -0.900. The minimum Gasteiger partial charge on any atom is -0.319 e. The molecule has 1 unspecified atom stereocenters. The lowest BCUT2D eigenvalue weighted by atomic mass is 10.2. The normalized spacial score (nSPS) is 15.3. The second-order valence-electron chi connectivity index (χ2n) is 4.51. The highest BCUT2D eigenvalue weighted by Crippen LogP contribution is 2.59. The molecule has 23 heavy (non-hydrogen) atoms. The highest BCUT2D eigenvalue weighted by molar-refractivity contribution is 7.86. The molecule has 7 nitrogen and oxygen atoms in total. The summed E-state index contributed by atoms with van der Waals surface area (Å²) in [6.07, 6.45) is -1.33. The minimum absolute atomic E-state index is 0.204. The fraction of sp³-hybridized carbons (Fsp3) is 0.500. The molecule has 0 aliphatic heterocycles. The van der Waals surface area contributed by atoms with Gasteiger partial charge in [-0.15, -0.1) is 4.67 Å². The molecule has 11 heteroatoms. The summed E-state index contributed by atoms with van der Waals surface area (Å²) in [5, 5.41) is 0. The van der Waals surface area contributed by atoms with Crippen LogP contribution in [-0.2, 0) is 28.4 Å². The molecule has 0 saturated heterocycles. The summed E-state index contributed by atoms with van der Waals surface area (Å²) in [7, 11) is -9.64. The van der Waals surface area contributed by atoms with Gasteiger partial charge in [0.1, 0.15) is 0 Å². The van der Waals surface area contributed by atoms with Gasteiger partial charge < -0.3 is 4.89 Å². The van der Waals surface area contributed by atoms with Crippen LogP contribution in [0, 0.1) is 6.92 Å². The van der Waals surface area contributed by atoms with E-state index in [4.69, 9.17) is 4.89 Å². The monoisotopic (exact) mass is 374 g/mol. The van der Waals surface area contributed by atoms with Crippen molar-refractivity contribution in [1.29, 1.82) is 0 Å². The van der Waals surface area contributed by atoms with E-state index in [1.54, 1.807) is 6.92 Å². The van der Waals surface area contributed by atoms with Crippen molar-refractivity contribution in [1.82, 2.24) is 0 Å². The number of alkyl halides is 2. The smallest absolute Gasteiger partial charge is 0.319 e. The van der Waals surface area contributed by atoms with E-state index in [0.717, 1.165) is 5.56 Å². The van der Waals surface area contributed by atoms with Crippen molar-refractivity contribution in [3.05, 3.63) is 29.8 Å². The zero-order valence-electron chi connectivity index (χ0n) is 12.4. The van der Waals surface area contributed by atoms with Crippen LogP contribution in [0.25, 0.3) is 0 Å². The fourth-order valence-corrected chi connectivity index (χ4v) is 3.01. The van der Waals surface area contributed by atoms with Crippen molar-refractivity contribution in [2.45, 2.75) is 30.8 Å². The Morgan fingerprint density at radius 3 is 2.35 bits per heavy atom. The summed E-state index contributed by atoms with van der Waals surface area (Å²) >= 11 is 0. The average Bonchev–Trinajstić information content (AvgIpc) is 2.45. The molecule has 1 atom stereocenters. The molecule has 0 saturated carbocycles. The third-order valence-corrected chi connectivity index (χ3v) is 5.32. The molecule has 1 N–H and O–H groups in total. The molecular weight excluding hydrogens is 357 g/mol. The SMILES string of the molecule is CCOOP(=O)(O)C(F)(F)CCOS(=O)(=O)c1ccc(C)cc1. The molecule has 0 heterocycles. The van der Waals surface area contributed by atoms with Crippen LogP contribution in [0.2, 0.25) is 0 Å². The van der Waals surface area contributed by atoms with Gasteiger partial charge in [-0.25, -0.2) is 4.89 Å². The predicted molar refractivity (Wildman–Crippen MR) is 76.4 cm³/mol. The predicted octanol–water partition coefficient (Wildman–Crippen LogP) is 2.84.